The zero-order valence-corrected chi connectivity index (χ0v) is 13.6. The number of rotatable bonds is 9. The number of unbranched alkanes of at least 4 members (excludes halogenated alkanes) is 6. The standard InChI is InChI=1S/C16H31N3O/c1-5-6-7-8-9-10-11-12-13(17)14-18-15(20-19-14)16(2,3)4/h13H,5-12,17H2,1-4H3. The largest absolute Gasteiger partial charge is 0.339 e. The van der Waals surface area contributed by atoms with Crippen molar-refractivity contribution in [3.8, 4) is 0 Å². The molecule has 1 rings (SSSR count). The van der Waals surface area contributed by atoms with E-state index in [1.165, 1.54) is 38.5 Å². The summed E-state index contributed by atoms with van der Waals surface area (Å²) in [5.41, 5.74) is 6.02. The van der Waals surface area contributed by atoms with E-state index in [-0.39, 0.29) is 11.5 Å². The Morgan fingerprint density at radius 3 is 2.20 bits per heavy atom. The summed E-state index contributed by atoms with van der Waals surface area (Å²) in [6.07, 6.45) is 10.0. The maximum Gasteiger partial charge on any atom is 0.232 e. The molecule has 0 aliphatic heterocycles. The van der Waals surface area contributed by atoms with Crippen molar-refractivity contribution in [1.29, 1.82) is 0 Å². The molecule has 1 atom stereocenters. The number of aromatic nitrogens is 2. The first-order chi connectivity index (χ1) is 9.45. The monoisotopic (exact) mass is 281 g/mol. The Labute approximate surface area is 123 Å². The van der Waals surface area contributed by atoms with Gasteiger partial charge in [0.2, 0.25) is 5.89 Å². The number of nitrogens with zero attached hydrogens (tertiary/aromatic N) is 2. The normalized spacial score (nSPS) is 13.7. The van der Waals surface area contributed by atoms with E-state index in [1.54, 1.807) is 0 Å². The fourth-order valence-electron chi connectivity index (χ4n) is 2.14. The number of nitrogens with two attached hydrogens (primary N) is 1. The first-order valence-corrected chi connectivity index (χ1v) is 8.04. The summed E-state index contributed by atoms with van der Waals surface area (Å²) in [6, 6.07) is -0.0921. The lowest BCUT2D eigenvalue weighted by atomic mass is 9.97. The molecular formula is C16H31N3O. The van der Waals surface area contributed by atoms with Crippen LogP contribution < -0.4 is 5.73 Å². The zero-order valence-electron chi connectivity index (χ0n) is 13.6. The van der Waals surface area contributed by atoms with Crippen LogP contribution in [0.15, 0.2) is 4.52 Å². The van der Waals surface area contributed by atoms with Gasteiger partial charge in [0.1, 0.15) is 0 Å². The van der Waals surface area contributed by atoms with Gasteiger partial charge in [-0.15, -0.1) is 0 Å². The SMILES string of the molecule is CCCCCCCCCC(N)c1noc(C(C)(C)C)n1. The third-order valence-corrected chi connectivity index (χ3v) is 3.53. The molecule has 0 fully saturated rings. The van der Waals surface area contributed by atoms with E-state index in [4.69, 9.17) is 10.3 Å². The summed E-state index contributed by atoms with van der Waals surface area (Å²) in [7, 11) is 0. The predicted molar refractivity (Wildman–Crippen MR) is 82.5 cm³/mol. The molecule has 0 bridgehead atoms. The Hall–Kier alpha value is -0.900. The minimum atomic E-state index is -0.107. The highest BCUT2D eigenvalue weighted by molar-refractivity contribution is 5.00. The Bertz CT molecular complexity index is 368. The van der Waals surface area contributed by atoms with Gasteiger partial charge in [-0.25, -0.2) is 0 Å². The average Bonchev–Trinajstić information content (AvgIpc) is 2.87. The Kier molecular flexibility index (Phi) is 7.20. The molecule has 1 heterocycles. The third kappa shape index (κ3) is 6.04. The molecule has 2 N–H and O–H groups in total. The van der Waals surface area contributed by atoms with Crippen molar-refractivity contribution in [2.45, 2.75) is 90.5 Å². The molecule has 20 heavy (non-hydrogen) atoms. The highest BCUT2D eigenvalue weighted by Crippen LogP contribution is 2.22. The van der Waals surface area contributed by atoms with Gasteiger partial charge in [-0.1, -0.05) is 77.8 Å². The average molecular weight is 281 g/mol. The van der Waals surface area contributed by atoms with Crippen molar-refractivity contribution < 1.29 is 4.52 Å². The van der Waals surface area contributed by atoms with Gasteiger partial charge in [-0.3, -0.25) is 0 Å². The summed E-state index contributed by atoms with van der Waals surface area (Å²) in [4.78, 5) is 4.42. The molecule has 0 aliphatic rings. The van der Waals surface area contributed by atoms with Crippen LogP contribution in [-0.4, -0.2) is 10.1 Å². The van der Waals surface area contributed by atoms with Crippen LogP contribution in [0, 0.1) is 0 Å². The lowest BCUT2D eigenvalue weighted by Crippen LogP contribution is -2.14. The zero-order chi connectivity index (χ0) is 15.0. The summed E-state index contributed by atoms with van der Waals surface area (Å²) in [5.74, 6) is 1.32. The fourth-order valence-corrected chi connectivity index (χ4v) is 2.14. The number of hydrogen-bond acceptors (Lipinski definition) is 4. The quantitative estimate of drug-likeness (QED) is 0.676. The predicted octanol–water partition coefficient (Wildman–Crippen LogP) is 4.51. The molecule has 4 nitrogen and oxygen atoms in total. The lowest BCUT2D eigenvalue weighted by Gasteiger charge is -2.11. The highest BCUT2D eigenvalue weighted by Gasteiger charge is 2.23. The molecule has 0 spiro atoms. The van der Waals surface area contributed by atoms with Crippen LogP contribution >= 0.6 is 0 Å². The van der Waals surface area contributed by atoms with Crippen LogP contribution in [0.5, 0.6) is 0 Å². The van der Waals surface area contributed by atoms with Crippen molar-refractivity contribution in [2.75, 3.05) is 0 Å². The van der Waals surface area contributed by atoms with E-state index in [0.29, 0.717) is 11.7 Å². The lowest BCUT2D eigenvalue weighted by molar-refractivity contribution is 0.316. The van der Waals surface area contributed by atoms with Crippen molar-refractivity contribution in [1.82, 2.24) is 10.1 Å². The molecule has 0 radical (unpaired) electrons. The second kappa shape index (κ2) is 8.40. The van der Waals surface area contributed by atoms with Crippen molar-refractivity contribution >= 4 is 0 Å². The summed E-state index contributed by atoms with van der Waals surface area (Å²) >= 11 is 0. The molecule has 1 unspecified atom stereocenters. The van der Waals surface area contributed by atoms with Crippen LogP contribution in [0.1, 0.15) is 96.8 Å². The van der Waals surface area contributed by atoms with Crippen molar-refractivity contribution in [3.63, 3.8) is 0 Å². The minimum Gasteiger partial charge on any atom is -0.339 e. The third-order valence-electron chi connectivity index (χ3n) is 3.53. The molecule has 4 heteroatoms. The van der Waals surface area contributed by atoms with Crippen molar-refractivity contribution in [3.05, 3.63) is 11.7 Å². The first kappa shape index (κ1) is 17.2. The van der Waals surface area contributed by atoms with Crippen LogP contribution in [0.4, 0.5) is 0 Å². The fraction of sp³-hybridized carbons (Fsp3) is 0.875. The van der Waals surface area contributed by atoms with Gasteiger partial charge in [0.05, 0.1) is 6.04 Å². The maximum absolute atomic E-state index is 6.13. The van der Waals surface area contributed by atoms with E-state index in [0.717, 1.165) is 12.8 Å². The molecular weight excluding hydrogens is 250 g/mol. The van der Waals surface area contributed by atoms with E-state index < -0.39 is 0 Å². The second-order valence-electron chi connectivity index (χ2n) is 6.72. The van der Waals surface area contributed by atoms with Gasteiger partial charge in [0.25, 0.3) is 0 Å². The van der Waals surface area contributed by atoms with E-state index in [9.17, 15) is 0 Å². The molecule has 0 saturated heterocycles. The molecule has 1 aromatic heterocycles. The smallest absolute Gasteiger partial charge is 0.232 e. The minimum absolute atomic E-state index is 0.0921. The van der Waals surface area contributed by atoms with Gasteiger partial charge in [0.15, 0.2) is 5.82 Å². The van der Waals surface area contributed by atoms with E-state index in [2.05, 4.69) is 37.8 Å². The van der Waals surface area contributed by atoms with Gasteiger partial charge in [-0.2, -0.15) is 4.98 Å². The highest BCUT2D eigenvalue weighted by atomic mass is 16.5. The van der Waals surface area contributed by atoms with E-state index >= 15 is 0 Å². The molecule has 0 saturated carbocycles. The van der Waals surface area contributed by atoms with Crippen LogP contribution in [-0.2, 0) is 5.41 Å². The summed E-state index contributed by atoms with van der Waals surface area (Å²) < 4.78 is 5.28. The molecule has 0 aromatic carbocycles. The van der Waals surface area contributed by atoms with Gasteiger partial charge in [0, 0.05) is 5.41 Å². The summed E-state index contributed by atoms with van der Waals surface area (Å²) in [5, 5.41) is 4.01. The van der Waals surface area contributed by atoms with E-state index in [1.807, 2.05) is 0 Å². The Morgan fingerprint density at radius 2 is 1.65 bits per heavy atom. The van der Waals surface area contributed by atoms with Crippen LogP contribution in [0.3, 0.4) is 0 Å². The van der Waals surface area contributed by atoms with Gasteiger partial charge in [-0.05, 0) is 6.42 Å². The first-order valence-electron chi connectivity index (χ1n) is 8.04. The number of hydrogen-bond donors (Lipinski definition) is 1. The molecule has 0 aliphatic carbocycles. The Morgan fingerprint density at radius 1 is 1.05 bits per heavy atom. The Balaban J connectivity index is 2.22. The summed E-state index contributed by atoms with van der Waals surface area (Å²) in [6.45, 7) is 8.43. The molecule has 0 amide bonds. The topological polar surface area (TPSA) is 64.9 Å². The van der Waals surface area contributed by atoms with Gasteiger partial charge < -0.3 is 10.3 Å². The van der Waals surface area contributed by atoms with Crippen molar-refractivity contribution in [2.24, 2.45) is 5.73 Å². The second-order valence-corrected chi connectivity index (χ2v) is 6.72. The van der Waals surface area contributed by atoms with Gasteiger partial charge >= 0.3 is 0 Å². The van der Waals surface area contributed by atoms with Crippen LogP contribution in [0.25, 0.3) is 0 Å². The van der Waals surface area contributed by atoms with Crippen LogP contribution in [0.2, 0.25) is 0 Å². The maximum atomic E-state index is 6.13. The molecule has 1 aromatic rings. The molecule has 116 valence electrons.